The van der Waals surface area contributed by atoms with Crippen molar-refractivity contribution >= 4 is 45.7 Å². The molecule has 1 heterocycles. The largest absolute Gasteiger partial charge is 0.143 e. The summed E-state index contributed by atoms with van der Waals surface area (Å²) < 4.78 is 1.16. The first-order valence-corrected chi connectivity index (χ1v) is 5.26. The third-order valence-corrected chi connectivity index (χ3v) is 3.90. The van der Waals surface area contributed by atoms with E-state index in [1.165, 1.54) is 5.39 Å². The first-order valence-electron chi connectivity index (χ1n) is 3.55. The summed E-state index contributed by atoms with van der Waals surface area (Å²) in [7, 11) is 0. The van der Waals surface area contributed by atoms with Crippen molar-refractivity contribution in [1.82, 2.24) is 0 Å². The Morgan fingerprint density at radius 3 is 3.00 bits per heavy atom. The SMILES string of the molecule is Cc1c(S)cc2ccsc2c1Cl. The fourth-order valence-corrected chi connectivity index (χ4v) is 2.68. The zero-order chi connectivity index (χ0) is 8.72. The van der Waals surface area contributed by atoms with Gasteiger partial charge in [-0.2, -0.15) is 0 Å². The lowest BCUT2D eigenvalue weighted by molar-refractivity contribution is 1.35. The molecule has 1 aromatic carbocycles. The van der Waals surface area contributed by atoms with Crippen LogP contribution in [0, 0.1) is 6.92 Å². The number of benzene rings is 1. The molecule has 0 N–H and O–H groups in total. The Morgan fingerprint density at radius 2 is 2.25 bits per heavy atom. The average Bonchev–Trinajstić information content (AvgIpc) is 2.48. The van der Waals surface area contributed by atoms with Gasteiger partial charge in [0.25, 0.3) is 0 Å². The number of halogens is 1. The molecule has 2 rings (SSSR count). The summed E-state index contributed by atoms with van der Waals surface area (Å²) in [6.45, 7) is 1.99. The van der Waals surface area contributed by atoms with Gasteiger partial charge in [-0.25, -0.2) is 0 Å². The molecule has 0 aliphatic rings. The van der Waals surface area contributed by atoms with E-state index in [4.69, 9.17) is 11.6 Å². The lowest BCUT2D eigenvalue weighted by atomic mass is 10.2. The molecule has 62 valence electrons. The van der Waals surface area contributed by atoms with Crippen molar-refractivity contribution in [1.29, 1.82) is 0 Å². The van der Waals surface area contributed by atoms with E-state index in [1.807, 2.05) is 12.3 Å². The molecular weight excluding hydrogens is 208 g/mol. The second-order valence-electron chi connectivity index (χ2n) is 2.67. The predicted octanol–water partition coefficient (Wildman–Crippen LogP) is 4.15. The fraction of sp³-hybridized carbons (Fsp3) is 0.111. The summed E-state index contributed by atoms with van der Waals surface area (Å²) in [5.41, 5.74) is 1.06. The zero-order valence-electron chi connectivity index (χ0n) is 6.47. The van der Waals surface area contributed by atoms with Crippen LogP contribution in [-0.4, -0.2) is 0 Å². The van der Waals surface area contributed by atoms with Crippen LogP contribution in [0.4, 0.5) is 0 Å². The van der Waals surface area contributed by atoms with E-state index >= 15 is 0 Å². The van der Waals surface area contributed by atoms with Gasteiger partial charge in [0.15, 0.2) is 0 Å². The van der Waals surface area contributed by atoms with Gasteiger partial charge in [-0.1, -0.05) is 11.6 Å². The maximum absolute atomic E-state index is 6.13. The lowest BCUT2D eigenvalue weighted by Crippen LogP contribution is -1.77. The van der Waals surface area contributed by atoms with E-state index in [9.17, 15) is 0 Å². The molecular formula is C9H7ClS2. The molecule has 0 saturated heterocycles. The molecule has 0 saturated carbocycles. The molecule has 3 heteroatoms. The number of hydrogen-bond donors (Lipinski definition) is 1. The van der Waals surface area contributed by atoms with Gasteiger partial charge in [-0.15, -0.1) is 24.0 Å². The number of thiol groups is 1. The molecule has 1 aromatic heterocycles. The topological polar surface area (TPSA) is 0 Å². The quantitative estimate of drug-likeness (QED) is 0.626. The molecule has 2 aromatic rings. The highest BCUT2D eigenvalue weighted by Gasteiger charge is 2.06. The van der Waals surface area contributed by atoms with E-state index in [0.717, 1.165) is 20.2 Å². The average molecular weight is 215 g/mol. The number of fused-ring (bicyclic) bond motifs is 1. The van der Waals surface area contributed by atoms with Gasteiger partial charge >= 0.3 is 0 Å². The molecule has 0 atom stereocenters. The van der Waals surface area contributed by atoms with Gasteiger partial charge in [0, 0.05) is 4.90 Å². The number of thiophene rings is 1. The van der Waals surface area contributed by atoms with Crippen molar-refractivity contribution in [2.24, 2.45) is 0 Å². The third-order valence-electron chi connectivity index (χ3n) is 1.90. The first-order chi connectivity index (χ1) is 5.70. The maximum Gasteiger partial charge on any atom is 0.0624 e. The minimum Gasteiger partial charge on any atom is -0.143 e. The summed E-state index contributed by atoms with van der Waals surface area (Å²) in [4.78, 5) is 0.964. The second-order valence-corrected chi connectivity index (χ2v) is 4.45. The van der Waals surface area contributed by atoms with Crippen LogP contribution in [0.15, 0.2) is 22.4 Å². The standard InChI is InChI=1S/C9H7ClS2/c1-5-7(11)4-6-2-3-12-9(6)8(5)10/h2-4,11H,1H3. The minimum atomic E-state index is 0.840. The molecule has 0 nitrogen and oxygen atoms in total. The van der Waals surface area contributed by atoms with Crippen LogP contribution >= 0.6 is 35.6 Å². The van der Waals surface area contributed by atoms with Crippen LogP contribution in [0.2, 0.25) is 5.02 Å². The lowest BCUT2D eigenvalue weighted by Gasteiger charge is -2.02. The van der Waals surface area contributed by atoms with Gasteiger partial charge in [0.1, 0.15) is 0 Å². The Hall–Kier alpha value is -0.180. The summed E-state index contributed by atoms with van der Waals surface area (Å²) in [5, 5.41) is 4.07. The molecule has 0 fully saturated rings. The fourth-order valence-electron chi connectivity index (χ4n) is 1.15. The molecule has 0 aliphatic carbocycles. The summed E-state index contributed by atoms with van der Waals surface area (Å²) in [5.74, 6) is 0. The minimum absolute atomic E-state index is 0.840. The van der Waals surface area contributed by atoms with Crippen molar-refractivity contribution in [2.45, 2.75) is 11.8 Å². The van der Waals surface area contributed by atoms with Crippen molar-refractivity contribution in [3.8, 4) is 0 Å². The Morgan fingerprint density at radius 1 is 1.50 bits per heavy atom. The van der Waals surface area contributed by atoms with E-state index in [-0.39, 0.29) is 0 Å². The molecule has 0 spiro atoms. The van der Waals surface area contributed by atoms with Crippen LogP contribution in [0.3, 0.4) is 0 Å². The highest BCUT2D eigenvalue weighted by atomic mass is 35.5. The highest BCUT2D eigenvalue weighted by molar-refractivity contribution is 7.80. The van der Waals surface area contributed by atoms with Crippen molar-refractivity contribution in [2.75, 3.05) is 0 Å². The van der Waals surface area contributed by atoms with Gasteiger partial charge in [-0.3, -0.25) is 0 Å². The summed E-state index contributed by atoms with van der Waals surface area (Å²) in [6, 6.07) is 4.11. The van der Waals surface area contributed by atoms with E-state index in [2.05, 4.69) is 24.8 Å². The molecule has 0 bridgehead atoms. The van der Waals surface area contributed by atoms with Gasteiger partial charge in [0.05, 0.1) is 9.72 Å². The second kappa shape index (κ2) is 2.95. The van der Waals surface area contributed by atoms with Crippen molar-refractivity contribution in [3.63, 3.8) is 0 Å². The molecule has 0 amide bonds. The Kier molecular flexibility index (Phi) is 2.07. The highest BCUT2D eigenvalue weighted by Crippen LogP contribution is 2.34. The Bertz CT molecular complexity index is 431. The van der Waals surface area contributed by atoms with Crippen molar-refractivity contribution in [3.05, 3.63) is 28.1 Å². The third kappa shape index (κ3) is 1.15. The monoisotopic (exact) mass is 214 g/mol. The number of rotatable bonds is 0. The van der Waals surface area contributed by atoms with Crippen LogP contribution in [0.5, 0.6) is 0 Å². The van der Waals surface area contributed by atoms with E-state index in [0.29, 0.717) is 0 Å². The van der Waals surface area contributed by atoms with Crippen LogP contribution in [0.25, 0.3) is 10.1 Å². The van der Waals surface area contributed by atoms with Crippen LogP contribution in [-0.2, 0) is 0 Å². The van der Waals surface area contributed by atoms with E-state index < -0.39 is 0 Å². The zero-order valence-corrected chi connectivity index (χ0v) is 8.93. The van der Waals surface area contributed by atoms with E-state index in [1.54, 1.807) is 11.3 Å². The van der Waals surface area contributed by atoms with Crippen LogP contribution < -0.4 is 0 Å². The van der Waals surface area contributed by atoms with Crippen LogP contribution in [0.1, 0.15) is 5.56 Å². The Balaban J connectivity index is 2.94. The van der Waals surface area contributed by atoms with Crippen molar-refractivity contribution < 1.29 is 0 Å². The summed E-state index contributed by atoms with van der Waals surface area (Å²) in [6.07, 6.45) is 0. The van der Waals surface area contributed by atoms with Gasteiger partial charge < -0.3 is 0 Å². The summed E-state index contributed by atoms with van der Waals surface area (Å²) >= 11 is 12.1. The molecule has 0 radical (unpaired) electrons. The predicted molar refractivity (Wildman–Crippen MR) is 58.8 cm³/mol. The smallest absolute Gasteiger partial charge is 0.0624 e. The maximum atomic E-state index is 6.13. The Labute approximate surface area is 85.6 Å². The molecule has 0 unspecified atom stereocenters. The normalized spacial score (nSPS) is 10.9. The van der Waals surface area contributed by atoms with Gasteiger partial charge in [-0.05, 0) is 35.4 Å². The van der Waals surface area contributed by atoms with Gasteiger partial charge in [0.2, 0.25) is 0 Å². The molecule has 12 heavy (non-hydrogen) atoms. The number of hydrogen-bond acceptors (Lipinski definition) is 2. The first kappa shape index (κ1) is 8.42. The molecule has 0 aliphatic heterocycles.